The van der Waals surface area contributed by atoms with E-state index in [0.717, 1.165) is 38.0 Å². The minimum atomic E-state index is -0.00391. The highest BCUT2D eigenvalue weighted by Gasteiger charge is 2.28. The third-order valence-electron chi connectivity index (χ3n) is 3.93. The predicted molar refractivity (Wildman–Crippen MR) is 78.7 cm³/mol. The Labute approximate surface area is 116 Å². The quantitative estimate of drug-likeness (QED) is 0.774. The molecule has 3 nitrogen and oxygen atoms in total. The molecule has 3 heteroatoms. The number of aryl methyl sites for hydroxylation is 1. The molecule has 1 aromatic rings. The van der Waals surface area contributed by atoms with Gasteiger partial charge in [0.1, 0.15) is 0 Å². The summed E-state index contributed by atoms with van der Waals surface area (Å²) in [4.78, 5) is 17.0. The number of benzene rings is 1. The van der Waals surface area contributed by atoms with Gasteiger partial charge in [0.05, 0.1) is 6.04 Å². The molecule has 1 aliphatic rings. The van der Waals surface area contributed by atoms with Crippen molar-refractivity contribution < 1.29 is 4.79 Å². The second-order valence-corrected chi connectivity index (χ2v) is 5.57. The molecular weight excluding hydrogens is 236 g/mol. The highest BCUT2D eigenvalue weighted by atomic mass is 16.1. The highest BCUT2D eigenvalue weighted by Crippen LogP contribution is 2.14. The first-order valence-electron chi connectivity index (χ1n) is 7.13. The van der Waals surface area contributed by atoms with Gasteiger partial charge in [-0.25, -0.2) is 0 Å². The van der Waals surface area contributed by atoms with E-state index in [4.69, 9.17) is 0 Å². The molecule has 2 rings (SSSR count). The summed E-state index contributed by atoms with van der Waals surface area (Å²) in [6.07, 6.45) is 2.23. The van der Waals surface area contributed by atoms with Crippen molar-refractivity contribution in [2.45, 2.75) is 25.8 Å². The molecule has 0 amide bonds. The lowest BCUT2D eigenvalue weighted by Crippen LogP contribution is -2.53. The van der Waals surface area contributed by atoms with Crippen molar-refractivity contribution in [3.63, 3.8) is 0 Å². The summed E-state index contributed by atoms with van der Waals surface area (Å²) in [5.41, 5.74) is 2.15. The lowest BCUT2D eigenvalue weighted by Gasteiger charge is -2.36. The Hall–Kier alpha value is -1.19. The number of carbonyl (C=O) groups excluding carboxylic acids is 1. The van der Waals surface area contributed by atoms with Crippen molar-refractivity contribution in [2.75, 3.05) is 33.7 Å². The number of Topliss-reactive ketones (excluding diaryl/α,β-unsaturated/α-hetero) is 1. The highest BCUT2D eigenvalue weighted by molar-refractivity contribution is 6.00. The van der Waals surface area contributed by atoms with Crippen molar-refractivity contribution in [3.05, 3.63) is 35.4 Å². The molecule has 0 aromatic heterocycles. The van der Waals surface area contributed by atoms with Gasteiger partial charge in [0.2, 0.25) is 0 Å². The van der Waals surface area contributed by atoms with E-state index in [1.807, 2.05) is 19.2 Å². The van der Waals surface area contributed by atoms with Crippen LogP contribution in [0, 0.1) is 0 Å². The average Bonchev–Trinajstić information content (AvgIpc) is 2.42. The van der Waals surface area contributed by atoms with Crippen molar-refractivity contribution in [1.82, 2.24) is 9.80 Å². The lowest BCUT2D eigenvalue weighted by molar-refractivity contribution is 0.0686. The zero-order valence-corrected chi connectivity index (χ0v) is 12.2. The van der Waals surface area contributed by atoms with E-state index >= 15 is 0 Å². The molecule has 1 heterocycles. The van der Waals surface area contributed by atoms with Gasteiger partial charge in [0.15, 0.2) is 5.78 Å². The fourth-order valence-corrected chi connectivity index (χ4v) is 2.61. The number of piperazine rings is 1. The third-order valence-corrected chi connectivity index (χ3v) is 3.93. The smallest absolute Gasteiger partial charge is 0.181 e. The van der Waals surface area contributed by atoms with Gasteiger partial charge >= 0.3 is 0 Å². The summed E-state index contributed by atoms with van der Waals surface area (Å²) in [6.45, 7) is 4.99. The van der Waals surface area contributed by atoms with E-state index in [2.05, 4.69) is 35.9 Å². The Kier molecular flexibility index (Phi) is 4.72. The van der Waals surface area contributed by atoms with Crippen molar-refractivity contribution in [3.8, 4) is 0 Å². The number of hydrogen-bond acceptors (Lipinski definition) is 3. The maximum absolute atomic E-state index is 12.6. The molecule has 0 aliphatic carbocycles. The number of ketones is 1. The van der Waals surface area contributed by atoms with Crippen molar-refractivity contribution >= 4 is 5.78 Å². The van der Waals surface area contributed by atoms with Crippen LogP contribution in [0.4, 0.5) is 0 Å². The Morgan fingerprint density at radius 2 is 1.89 bits per heavy atom. The van der Waals surface area contributed by atoms with Gasteiger partial charge < -0.3 is 4.90 Å². The monoisotopic (exact) mass is 260 g/mol. The van der Waals surface area contributed by atoms with Crippen molar-refractivity contribution in [1.29, 1.82) is 0 Å². The SMILES string of the molecule is CCCc1ccc(C(=O)C2CN(C)CCN2C)cc1. The first kappa shape index (κ1) is 14.2. The molecule has 0 radical (unpaired) electrons. The van der Waals surface area contributed by atoms with Crippen LogP contribution < -0.4 is 0 Å². The van der Waals surface area contributed by atoms with Crippen LogP contribution in [0.2, 0.25) is 0 Å². The fourth-order valence-electron chi connectivity index (χ4n) is 2.61. The molecular formula is C16H24N2O. The molecule has 19 heavy (non-hydrogen) atoms. The summed E-state index contributed by atoms with van der Waals surface area (Å²) >= 11 is 0. The van der Waals surface area contributed by atoms with Gasteiger partial charge in [-0.1, -0.05) is 37.6 Å². The number of hydrogen-bond donors (Lipinski definition) is 0. The largest absolute Gasteiger partial charge is 0.303 e. The molecule has 104 valence electrons. The standard InChI is InChI=1S/C16H24N2O/c1-4-5-13-6-8-14(9-7-13)16(19)15-12-17(2)10-11-18(15)3/h6-9,15H,4-5,10-12H2,1-3H3. The van der Waals surface area contributed by atoms with Crippen LogP contribution in [0.5, 0.6) is 0 Å². The first-order valence-corrected chi connectivity index (χ1v) is 7.13. The number of carbonyl (C=O) groups is 1. The second kappa shape index (κ2) is 6.31. The maximum atomic E-state index is 12.6. The molecule has 1 unspecified atom stereocenters. The molecule has 1 fully saturated rings. The van der Waals surface area contributed by atoms with Crippen LogP contribution in [0.15, 0.2) is 24.3 Å². The summed E-state index contributed by atoms with van der Waals surface area (Å²) in [7, 11) is 4.12. The normalized spacial score (nSPS) is 21.5. The van der Waals surface area contributed by atoms with Crippen LogP contribution in [0.3, 0.4) is 0 Å². The zero-order valence-electron chi connectivity index (χ0n) is 12.2. The van der Waals surface area contributed by atoms with Crippen LogP contribution in [-0.4, -0.2) is 55.4 Å². The lowest BCUT2D eigenvalue weighted by atomic mass is 9.99. The van der Waals surface area contributed by atoms with Gasteiger partial charge in [-0.2, -0.15) is 0 Å². The van der Waals surface area contributed by atoms with Gasteiger partial charge in [-0.05, 0) is 26.1 Å². The molecule has 1 aliphatic heterocycles. The molecule has 0 spiro atoms. The average molecular weight is 260 g/mol. The Balaban J connectivity index is 2.09. The molecule has 0 N–H and O–H groups in total. The van der Waals surface area contributed by atoms with Gasteiger partial charge in [-0.3, -0.25) is 9.69 Å². The van der Waals surface area contributed by atoms with Crippen LogP contribution >= 0.6 is 0 Å². The third kappa shape index (κ3) is 3.43. The van der Waals surface area contributed by atoms with Gasteiger partial charge in [-0.15, -0.1) is 0 Å². The van der Waals surface area contributed by atoms with E-state index < -0.39 is 0 Å². The van der Waals surface area contributed by atoms with E-state index in [1.165, 1.54) is 5.56 Å². The van der Waals surface area contributed by atoms with Crippen LogP contribution in [0.1, 0.15) is 29.3 Å². The van der Waals surface area contributed by atoms with Gasteiger partial charge in [0, 0.05) is 25.2 Å². The predicted octanol–water partition coefficient (Wildman–Crippen LogP) is 2.07. The number of nitrogens with zero attached hydrogens (tertiary/aromatic N) is 2. The summed E-state index contributed by atoms with van der Waals surface area (Å²) in [5.74, 6) is 0.247. The van der Waals surface area contributed by atoms with Crippen molar-refractivity contribution in [2.24, 2.45) is 0 Å². The van der Waals surface area contributed by atoms with E-state index in [1.54, 1.807) is 0 Å². The van der Waals surface area contributed by atoms with E-state index in [-0.39, 0.29) is 11.8 Å². The Morgan fingerprint density at radius 1 is 1.21 bits per heavy atom. The summed E-state index contributed by atoms with van der Waals surface area (Å²) in [6, 6.07) is 8.13. The second-order valence-electron chi connectivity index (χ2n) is 5.57. The number of likely N-dealkylation sites (N-methyl/N-ethyl adjacent to an activating group) is 2. The molecule has 1 atom stereocenters. The van der Waals surface area contributed by atoms with E-state index in [9.17, 15) is 4.79 Å². The summed E-state index contributed by atoms with van der Waals surface area (Å²) < 4.78 is 0. The Morgan fingerprint density at radius 3 is 2.53 bits per heavy atom. The molecule has 1 aromatic carbocycles. The fraction of sp³-hybridized carbons (Fsp3) is 0.562. The van der Waals surface area contributed by atoms with Crippen LogP contribution in [-0.2, 0) is 6.42 Å². The minimum Gasteiger partial charge on any atom is -0.303 e. The zero-order chi connectivity index (χ0) is 13.8. The molecule has 1 saturated heterocycles. The topological polar surface area (TPSA) is 23.6 Å². The minimum absolute atomic E-state index is 0.00391. The first-order chi connectivity index (χ1) is 9.11. The maximum Gasteiger partial charge on any atom is 0.181 e. The number of rotatable bonds is 4. The van der Waals surface area contributed by atoms with Gasteiger partial charge in [0.25, 0.3) is 0 Å². The van der Waals surface area contributed by atoms with Crippen LogP contribution in [0.25, 0.3) is 0 Å². The summed E-state index contributed by atoms with van der Waals surface area (Å²) in [5, 5.41) is 0. The molecule has 0 bridgehead atoms. The Bertz CT molecular complexity index is 427. The van der Waals surface area contributed by atoms with E-state index in [0.29, 0.717) is 0 Å². The molecule has 0 saturated carbocycles.